The van der Waals surface area contributed by atoms with Gasteiger partial charge in [-0.05, 0) is 42.6 Å². The largest absolute Gasteiger partial charge is 0.352 e. The standard InChI is InChI=1S/C24H32N4O2/c1-27(18-21-7-3-2-4-8-21)24(30)25-14-13-23(29)26-17-20-9-11-22(12-10-20)19-28-15-5-6-16-28/h2-4,7-12H,5-6,13-19H2,1H3,(H,25,30)(H,26,29). The average molecular weight is 409 g/mol. The van der Waals surface area contributed by atoms with Crippen molar-refractivity contribution < 1.29 is 9.59 Å². The summed E-state index contributed by atoms with van der Waals surface area (Å²) in [6.45, 7) is 4.74. The Bertz CT molecular complexity index is 802. The van der Waals surface area contributed by atoms with Crippen LogP contribution in [0.4, 0.5) is 4.79 Å². The van der Waals surface area contributed by atoms with Gasteiger partial charge in [-0.3, -0.25) is 9.69 Å². The smallest absolute Gasteiger partial charge is 0.317 e. The van der Waals surface area contributed by atoms with E-state index in [9.17, 15) is 9.59 Å². The molecule has 1 saturated heterocycles. The second-order valence-corrected chi connectivity index (χ2v) is 7.90. The number of rotatable bonds is 9. The van der Waals surface area contributed by atoms with Crippen molar-refractivity contribution in [3.8, 4) is 0 Å². The lowest BCUT2D eigenvalue weighted by atomic mass is 10.1. The molecule has 3 amide bonds. The highest BCUT2D eigenvalue weighted by Gasteiger charge is 2.12. The van der Waals surface area contributed by atoms with Gasteiger partial charge in [0.15, 0.2) is 0 Å². The van der Waals surface area contributed by atoms with Crippen LogP contribution in [0.2, 0.25) is 0 Å². The van der Waals surface area contributed by atoms with Gasteiger partial charge in [-0.15, -0.1) is 0 Å². The zero-order valence-corrected chi connectivity index (χ0v) is 17.8. The van der Waals surface area contributed by atoms with Gasteiger partial charge >= 0.3 is 6.03 Å². The maximum Gasteiger partial charge on any atom is 0.317 e. The number of nitrogens with one attached hydrogen (secondary N) is 2. The molecule has 30 heavy (non-hydrogen) atoms. The first-order valence-electron chi connectivity index (χ1n) is 10.7. The van der Waals surface area contributed by atoms with Gasteiger partial charge in [0.1, 0.15) is 0 Å². The minimum Gasteiger partial charge on any atom is -0.352 e. The summed E-state index contributed by atoms with van der Waals surface area (Å²) in [6.07, 6.45) is 2.86. The van der Waals surface area contributed by atoms with Crippen molar-refractivity contribution in [2.45, 2.75) is 38.9 Å². The van der Waals surface area contributed by atoms with E-state index in [0.29, 0.717) is 19.6 Å². The van der Waals surface area contributed by atoms with Crippen molar-refractivity contribution in [3.63, 3.8) is 0 Å². The number of likely N-dealkylation sites (tertiary alicyclic amines) is 1. The highest BCUT2D eigenvalue weighted by molar-refractivity contribution is 5.78. The van der Waals surface area contributed by atoms with Gasteiger partial charge in [-0.25, -0.2) is 4.79 Å². The lowest BCUT2D eigenvalue weighted by molar-refractivity contribution is -0.121. The zero-order valence-electron chi connectivity index (χ0n) is 17.8. The van der Waals surface area contributed by atoms with E-state index in [2.05, 4.69) is 39.8 Å². The molecule has 6 heteroatoms. The topological polar surface area (TPSA) is 64.7 Å². The van der Waals surface area contributed by atoms with Crippen LogP contribution in [0.5, 0.6) is 0 Å². The normalized spacial score (nSPS) is 13.8. The van der Waals surface area contributed by atoms with Crippen molar-refractivity contribution in [2.75, 3.05) is 26.7 Å². The van der Waals surface area contributed by atoms with Gasteiger partial charge in [0.2, 0.25) is 5.91 Å². The first-order chi connectivity index (χ1) is 14.6. The van der Waals surface area contributed by atoms with Crippen LogP contribution < -0.4 is 10.6 Å². The molecular weight excluding hydrogens is 376 g/mol. The second-order valence-electron chi connectivity index (χ2n) is 7.90. The molecule has 1 aliphatic rings. The lowest BCUT2D eigenvalue weighted by Crippen LogP contribution is -2.38. The molecule has 0 aromatic heterocycles. The van der Waals surface area contributed by atoms with Gasteiger partial charge < -0.3 is 15.5 Å². The molecule has 0 unspecified atom stereocenters. The van der Waals surface area contributed by atoms with E-state index >= 15 is 0 Å². The zero-order chi connectivity index (χ0) is 21.2. The molecule has 0 bridgehead atoms. The fraction of sp³-hybridized carbons (Fsp3) is 0.417. The molecular formula is C24H32N4O2. The summed E-state index contributed by atoms with van der Waals surface area (Å²) in [6, 6.07) is 18.1. The summed E-state index contributed by atoms with van der Waals surface area (Å²) < 4.78 is 0. The first kappa shape index (κ1) is 21.8. The summed E-state index contributed by atoms with van der Waals surface area (Å²) in [4.78, 5) is 28.3. The minimum absolute atomic E-state index is 0.0674. The summed E-state index contributed by atoms with van der Waals surface area (Å²) >= 11 is 0. The number of nitrogens with zero attached hydrogens (tertiary/aromatic N) is 2. The Morgan fingerprint density at radius 3 is 2.27 bits per heavy atom. The van der Waals surface area contributed by atoms with Crippen LogP contribution >= 0.6 is 0 Å². The van der Waals surface area contributed by atoms with Crippen molar-refractivity contribution in [1.29, 1.82) is 0 Å². The fourth-order valence-electron chi connectivity index (χ4n) is 3.60. The van der Waals surface area contributed by atoms with E-state index in [1.807, 2.05) is 30.3 Å². The molecule has 0 radical (unpaired) electrons. The number of urea groups is 1. The van der Waals surface area contributed by atoms with Gasteiger partial charge in [-0.2, -0.15) is 0 Å². The van der Waals surface area contributed by atoms with Crippen molar-refractivity contribution in [3.05, 3.63) is 71.3 Å². The molecule has 0 saturated carbocycles. The van der Waals surface area contributed by atoms with Crippen molar-refractivity contribution in [2.24, 2.45) is 0 Å². The van der Waals surface area contributed by atoms with Gasteiger partial charge in [0.05, 0.1) is 0 Å². The number of hydrogen-bond acceptors (Lipinski definition) is 3. The number of carbonyl (C=O) groups excluding carboxylic acids is 2. The second kappa shape index (κ2) is 11.4. The van der Waals surface area contributed by atoms with Crippen LogP contribution in [0.25, 0.3) is 0 Å². The van der Waals surface area contributed by atoms with Crippen LogP contribution in [-0.4, -0.2) is 48.4 Å². The molecule has 0 atom stereocenters. The molecule has 1 heterocycles. The Kier molecular flexibility index (Phi) is 8.27. The SMILES string of the molecule is CN(Cc1ccccc1)C(=O)NCCC(=O)NCc1ccc(CN2CCCC2)cc1. The number of amides is 3. The molecule has 0 aliphatic carbocycles. The van der Waals surface area contributed by atoms with Gasteiger partial charge in [0, 0.05) is 39.6 Å². The molecule has 3 rings (SSSR count). The van der Waals surface area contributed by atoms with E-state index in [0.717, 1.165) is 17.7 Å². The summed E-state index contributed by atoms with van der Waals surface area (Å²) in [5.41, 5.74) is 3.47. The van der Waals surface area contributed by atoms with E-state index < -0.39 is 0 Å². The summed E-state index contributed by atoms with van der Waals surface area (Å²) in [5, 5.41) is 5.72. The Morgan fingerprint density at radius 2 is 1.57 bits per heavy atom. The van der Waals surface area contributed by atoms with Crippen molar-refractivity contribution >= 4 is 11.9 Å². The number of carbonyl (C=O) groups is 2. The Hall–Kier alpha value is -2.86. The molecule has 6 nitrogen and oxygen atoms in total. The molecule has 0 spiro atoms. The third-order valence-electron chi connectivity index (χ3n) is 5.36. The third-order valence-corrected chi connectivity index (χ3v) is 5.36. The third kappa shape index (κ3) is 7.19. The van der Waals surface area contributed by atoms with Gasteiger partial charge in [-0.1, -0.05) is 54.6 Å². The maximum absolute atomic E-state index is 12.1. The van der Waals surface area contributed by atoms with E-state index in [1.165, 1.54) is 31.5 Å². The maximum atomic E-state index is 12.1. The lowest BCUT2D eigenvalue weighted by Gasteiger charge is -2.18. The quantitative estimate of drug-likeness (QED) is 0.670. The van der Waals surface area contributed by atoms with Crippen LogP contribution in [0.15, 0.2) is 54.6 Å². The molecule has 1 aliphatic heterocycles. The Balaban J connectivity index is 1.31. The van der Waals surface area contributed by atoms with Crippen LogP contribution in [-0.2, 0) is 24.4 Å². The molecule has 1 fully saturated rings. The molecule has 160 valence electrons. The number of hydrogen-bond donors (Lipinski definition) is 2. The summed E-state index contributed by atoms with van der Waals surface area (Å²) in [7, 11) is 1.75. The van der Waals surface area contributed by atoms with E-state index in [1.54, 1.807) is 11.9 Å². The van der Waals surface area contributed by atoms with Crippen molar-refractivity contribution in [1.82, 2.24) is 20.4 Å². The Morgan fingerprint density at radius 1 is 0.900 bits per heavy atom. The molecule has 2 aromatic rings. The predicted octanol–water partition coefficient (Wildman–Crippen LogP) is 3.13. The van der Waals surface area contributed by atoms with Gasteiger partial charge in [0.25, 0.3) is 0 Å². The molecule has 2 N–H and O–H groups in total. The van der Waals surface area contributed by atoms with Crippen LogP contribution in [0.3, 0.4) is 0 Å². The van der Waals surface area contributed by atoms with Crippen LogP contribution in [0.1, 0.15) is 36.0 Å². The van der Waals surface area contributed by atoms with E-state index in [4.69, 9.17) is 0 Å². The van der Waals surface area contributed by atoms with E-state index in [-0.39, 0.29) is 18.4 Å². The molecule has 2 aromatic carbocycles. The number of benzene rings is 2. The predicted molar refractivity (Wildman–Crippen MR) is 119 cm³/mol. The summed E-state index contributed by atoms with van der Waals surface area (Å²) in [5.74, 6) is -0.0674. The average Bonchev–Trinajstić information content (AvgIpc) is 3.27. The highest BCUT2D eigenvalue weighted by atomic mass is 16.2. The Labute approximate surface area is 179 Å². The first-order valence-corrected chi connectivity index (χ1v) is 10.7. The highest BCUT2D eigenvalue weighted by Crippen LogP contribution is 2.13. The fourth-order valence-corrected chi connectivity index (χ4v) is 3.60. The van der Waals surface area contributed by atoms with Crippen LogP contribution in [0, 0.1) is 0 Å². The monoisotopic (exact) mass is 408 g/mol. The minimum atomic E-state index is -0.180.